The number of fused-ring (bicyclic) bond motifs is 1. The third-order valence-corrected chi connectivity index (χ3v) is 3.07. The molecule has 0 atom stereocenters. The van der Waals surface area contributed by atoms with Gasteiger partial charge in [0.15, 0.2) is 0 Å². The summed E-state index contributed by atoms with van der Waals surface area (Å²) >= 11 is 0. The first kappa shape index (κ1) is 13.3. The molecule has 0 radical (unpaired) electrons. The largest absolute Gasteiger partial charge is 0.338 e. The average Bonchev–Trinajstić information content (AvgIpc) is 3.00. The van der Waals surface area contributed by atoms with Crippen LogP contribution in [0.15, 0.2) is 53.6 Å². The highest BCUT2D eigenvalue weighted by Crippen LogP contribution is 2.27. The lowest BCUT2D eigenvalue weighted by Gasteiger charge is -2.05. The first-order chi connectivity index (χ1) is 10.8. The van der Waals surface area contributed by atoms with Crippen LogP contribution in [0.3, 0.4) is 0 Å². The first-order valence-electron chi connectivity index (χ1n) is 6.50. The van der Waals surface area contributed by atoms with Crippen molar-refractivity contribution in [1.82, 2.24) is 9.97 Å². The Hall–Kier alpha value is -3.64. The van der Waals surface area contributed by atoms with Gasteiger partial charge in [-0.3, -0.25) is 5.43 Å². The van der Waals surface area contributed by atoms with E-state index >= 15 is 0 Å². The van der Waals surface area contributed by atoms with Gasteiger partial charge in [0.2, 0.25) is 5.71 Å². The molecule has 0 aliphatic heterocycles. The Bertz CT molecular complexity index is 890. The number of imidazole rings is 1. The molecule has 0 bridgehead atoms. The zero-order valence-corrected chi connectivity index (χ0v) is 11.4. The van der Waals surface area contributed by atoms with Gasteiger partial charge in [-0.1, -0.05) is 24.3 Å². The molecule has 6 heteroatoms. The molecule has 2 aromatic carbocycles. The zero-order chi connectivity index (χ0) is 15.4. The van der Waals surface area contributed by atoms with E-state index in [0.29, 0.717) is 11.5 Å². The molecule has 1 heterocycles. The maximum Gasteiger partial charge on any atom is 0.237 e. The minimum Gasteiger partial charge on any atom is -0.338 e. The fraction of sp³-hybridized carbons (Fsp3) is 0. The Labute approximate surface area is 126 Å². The van der Waals surface area contributed by atoms with Crippen molar-refractivity contribution < 1.29 is 0 Å². The van der Waals surface area contributed by atoms with Gasteiger partial charge in [-0.05, 0) is 24.3 Å². The molecule has 22 heavy (non-hydrogen) atoms. The summed E-state index contributed by atoms with van der Waals surface area (Å²) in [5.74, 6) is 0.690. The van der Waals surface area contributed by atoms with Crippen molar-refractivity contribution >= 4 is 22.4 Å². The SMILES string of the molecule is N#CC(C#N)=NNc1ccccc1-c1nc2ccccc2[nH]1. The fourth-order valence-electron chi connectivity index (χ4n) is 2.06. The van der Waals surface area contributed by atoms with E-state index < -0.39 is 0 Å². The summed E-state index contributed by atoms with van der Waals surface area (Å²) in [5, 5.41) is 21.2. The molecule has 0 saturated heterocycles. The van der Waals surface area contributed by atoms with E-state index in [1.807, 2.05) is 42.5 Å². The van der Waals surface area contributed by atoms with Crippen molar-refractivity contribution in [3.8, 4) is 23.5 Å². The standard InChI is InChI=1S/C16H10N6/c17-9-11(10-18)21-22-13-6-2-1-5-12(13)16-19-14-7-3-4-8-15(14)20-16/h1-8,22H,(H,19,20). The summed E-state index contributed by atoms with van der Waals surface area (Å²) in [6, 6.07) is 18.5. The molecular formula is C16H10N6. The number of anilines is 1. The van der Waals surface area contributed by atoms with Crippen LogP contribution in [0.1, 0.15) is 0 Å². The van der Waals surface area contributed by atoms with Crippen molar-refractivity contribution in [3.63, 3.8) is 0 Å². The number of nitrogens with one attached hydrogen (secondary N) is 2. The predicted molar refractivity (Wildman–Crippen MR) is 83.8 cm³/mol. The maximum absolute atomic E-state index is 8.72. The molecular weight excluding hydrogens is 276 g/mol. The van der Waals surface area contributed by atoms with Crippen molar-refractivity contribution in [2.75, 3.05) is 5.43 Å². The van der Waals surface area contributed by atoms with E-state index in [1.165, 1.54) is 0 Å². The minimum absolute atomic E-state index is 0.237. The highest BCUT2D eigenvalue weighted by atomic mass is 15.3. The van der Waals surface area contributed by atoms with Crippen LogP contribution in [0.25, 0.3) is 22.4 Å². The van der Waals surface area contributed by atoms with Crippen molar-refractivity contribution in [2.45, 2.75) is 0 Å². The summed E-state index contributed by atoms with van der Waals surface area (Å²) < 4.78 is 0. The van der Waals surface area contributed by atoms with Crippen LogP contribution in [0.2, 0.25) is 0 Å². The molecule has 0 amide bonds. The second kappa shape index (κ2) is 5.78. The van der Waals surface area contributed by atoms with E-state index in [9.17, 15) is 0 Å². The summed E-state index contributed by atoms with van der Waals surface area (Å²) in [6.07, 6.45) is 0. The molecule has 0 fully saturated rings. The van der Waals surface area contributed by atoms with E-state index in [1.54, 1.807) is 18.2 Å². The fourth-order valence-corrected chi connectivity index (χ4v) is 2.06. The summed E-state index contributed by atoms with van der Waals surface area (Å²) in [4.78, 5) is 7.78. The molecule has 0 aliphatic rings. The average molecular weight is 286 g/mol. The second-order valence-electron chi connectivity index (χ2n) is 4.44. The van der Waals surface area contributed by atoms with Crippen molar-refractivity contribution in [1.29, 1.82) is 10.5 Å². The molecule has 1 aromatic heterocycles. The molecule has 2 N–H and O–H groups in total. The number of rotatable bonds is 3. The van der Waals surface area contributed by atoms with Gasteiger partial charge in [0, 0.05) is 5.56 Å². The van der Waals surface area contributed by atoms with Gasteiger partial charge in [0.05, 0.1) is 16.7 Å². The molecule has 0 unspecified atom stereocenters. The number of hydrogen-bond acceptors (Lipinski definition) is 5. The third kappa shape index (κ3) is 2.49. The van der Waals surface area contributed by atoms with E-state index in [-0.39, 0.29) is 5.71 Å². The van der Waals surface area contributed by atoms with Crippen LogP contribution >= 0.6 is 0 Å². The molecule has 0 aliphatic carbocycles. The Balaban J connectivity index is 2.03. The lowest BCUT2D eigenvalue weighted by molar-refractivity contribution is 1.29. The van der Waals surface area contributed by atoms with E-state index in [4.69, 9.17) is 10.5 Å². The number of benzene rings is 2. The predicted octanol–water partition coefficient (Wildman–Crippen LogP) is 3.04. The summed E-state index contributed by atoms with van der Waals surface area (Å²) in [5.41, 5.74) is 5.77. The highest BCUT2D eigenvalue weighted by Gasteiger charge is 2.09. The Kier molecular flexibility index (Phi) is 3.51. The number of nitrogens with zero attached hydrogens (tertiary/aromatic N) is 4. The highest BCUT2D eigenvalue weighted by molar-refractivity contribution is 6.10. The van der Waals surface area contributed by atoms with Crippen LogP contribution in [0.5, 0.6) is 0 Å². The summed E-state index contributed by atoms with van der Waals surface area (Å²) in [6.45, 7) is 0. The number of nitriles is 2. The topological polar surface area (TPSA) is 101 Å². The van der Waals surface area contributed by atoms with Crippen LogP contribution in [0.4, 0.5) is 5.69 Å². The Morgan fingerprint density at radius 1 is 1.05 bits per heavy atom. The Morgan fingerprint density at radius 3 is 2.55 bits per heavy atom. The van der Waals surface area contributed by atoms with Gasteiger partial charge in [-0.2, -0.15) is 15.6 Å². The van der Waals surface area contributed by atoms with E-state index in [0.717, 1.165) is 16.6 Å². The van der Waals surface area contributed by atoms with Gasteiger partial charge < -0.3 is 4.98 Å². The van der Waals surface area contributed by atoms with Crippen molar-refractivity contribution in [3.05, 3.63) is 48.5 Å². The smallest absolute Gasteiger partial charge is 0.237 e. The number of hydrazone groups is 1. The number of aromatic amines is 1. The van der Waals surface area contributed by atoms with Gasteiger partial charge in [-0.25, -0.2) is 4.98 Å². The summed E-state index contributed by atoms with van der Waals surface area (Å²) in [7, 11) is 0. The number of para-hydroxylation sites is 3. The normalized spacial score (nSPS) is 9.73. The molecule has 3 rings (SSSR count). The molecule has 6 nitrogen and oxygen atoms in total. The minimum atomic E-state index is -0.237. The zero-order valence-electron chi connectivity index (χ0n) is 11.4. The van der Waals surface area contributed by atoms with Crippen LogP contribution in [-0.2, 0) is 0 Å². The second-order valence-corrected chi connectivity index (χ2v) is 4.44. The lowest BCUT2D eigenvalue weighted by atomic mass is 10.2. The maximum atomic E-state index is 8.72. The first-order valence-corrected chi connectivity index (χ1v) is 6.50. The van der Waals surface area contributed by atoms with Gasteiger partial charge in [-0.15, -0.1) is 0 Å². The van der Waals surface area contributed by atoms with Crippen LogP contribution in [0, 0.1) is 22.7 Å². The molecule has 104 valence electrons. The third-order valence-electron chi connectivity index (χ3n) is 3.07. The molecule has 3 aromatic rings. The monoisotopic (exact) mass is 286 g/mol. The van der Waals surface area contributed by atoms with Crippen molar-refractivity contribution in [2.24, 2.45) is 5.10 Å². The van der Waals surface area contributed by atoms with Gasteiger partial charge in [0.1, 0.15) is 18.0 Å². The molecule has 0 spiro atoms. The number of hydrogen-bond donors (Lipinski definition) is 2. The number of aromatic nitrogens is 2. The van der Waals surface area contributed by atoms with Gasteiger partial charge >= 0.3 is 0 Å². The van der Waals surface area contributed by atoms with E-state index in [2.05, 4.69) is 20.5 Å². The van der Waals surface area contributed by atoms with Crippen LogP contribution < -0.4 is 5.43 Å². The molecule has 0 saturated carbocycles. The number of H-pyrrole nitrogens is 1. The quantitative estimate of drug-likeness (QED) is 0.570. The Morgan fingerprint density at radius 2 is 1.77 bits per heavy atom. The lowest BCUT2D eigenvalue weighted by Crippen LogP contribution is -1.98. The van der Waals surface area contributed by atoms with Crippen LogP contribution in [-0.4, -0.2) is 15.7 Å². The van der Waals surface area contributed by atoms with Gasteiger partial charge in [0.25, 0.3) is 0 Å².